The molecule has 0 saturated heterocycles. The lowest BCUT2D eigenvalue weighted by Gasteiger charge is -2.32. The molecule has 1 fully saturated rings. The molecule has 82 valence electrons. The molecule has 0 radical (unpaired) electrons. The minimum atomic E-state index is 0.323. The van der Waals surface area contributed by atoms with E-state index in [9.17, 15) is 4.79 Å². The zero-order valence-electron chi connectivity index (χ0n) is 10.0. The van der Waals surface area contributed by atoms with Gasteiger partial charge in [0.2, 0.25) is 0 Å². The molecule has 1 nitrogen and oxygen atoms in total. The summed E-state index contributed by atoms with van der Waals surface area (Å²) in [6.45, 7) is 6.56. The average Bonchev–Trinajstić information content (AvgIpc) is 2.58. The molecule has 0 aromatic carbocycles. The second kappa shape index (κ2) is 3.62. The van der Waals surface area contributed by atoms with Gasteiger partial charge in [0.05, 0.1) is 0 Å². The number of carbonyl (C=O) groups is 1. The summed E-state index contributed by atoms with van der Waals surface area (Å²) in [6, 6.07) is 0. The molecule has 1 spiro atoms. The normalized spacial score (nSPS) is 31.0. The Labute approximate surface area is 92.3 Å². The lowest BCUT2D eigenvalue weighted by Crippen LogP contribution is -2.24. The van der Waals surface area contributed by atoms with Crippen molar-refractivity contribution < 1.29 is 4.79 Å². The van der Waals surface area contributed by atoms with Crippen LogP contribution in [0, 0.1) is 5.41 Å². The third-order valence-corrected chi connectivity index (χ3v) is 4.23. The van der Waals surface area contributed by atoms with Crippen LogP contribution in [0.1, 0.15) is 52.9 Å². The molecule has 0 unspecified atom stereocenters. The number of allylic oxidation sites excluding steroid dienone is 4. The molecule has 2 aliphatic rings. The van der Waals surface area contributed by atoms with Gasteiger partial charge in [0.15, 0.2) is 5.78 Å². The molecule has 0 amide bonds. The van der Waals surface area contributed by atoms with Crippen molar-refractivity contribution in [1.82, 2.24) is 0 Å². The lowest BCUT2D eigenvalue weighted by atomic mass is 9.71. The zero-order chi connectivity index (χ0) is 11.1. The van der Waals surface area contributed by atoms with Crippen molar-refractivity contribution in [3.63, 3.8) is 0 Å². The van der Waals surface area contributed by atoms with Crippen LogP contribution in [0.2, 0.25) is 0 Å². The summed E-state index contributed by atoms with van der Waals surface area (Å²) < 4.78 is 0. The van der Waals surface area contributed by atoms with Crippen molar-refractivity contribution in [1.29, 1.82) is 0 Å². The number of hydrogen-bond donors (Lipinski definition) is 0. The van der Waals surface area contributed by atoms with E-state index in [1.54, 1.807) is 5.57 Å². The van der Waals surface area contributed by atoms with Crippen LogP contribution in [0.5, 0.6) is 0 Å². The quantitative estimate of drug-likeness (QED) is 0.548. The Morgan fingerprint density at radius 3 is 2.47 bits per heavy atom. The molecule has 1 heteroatoms. The number of rotatable bonds is 0. The Balaban J connectivity index is 2.28. The first-order valence-corrected chi connectivity index (χ1v) is 5.90. The van der Waals surface area contributed by atoms with Crippen LogP contribution in [0.3, 0.4) is 0 Å². The van der Waals surface area contributed by atoms with E-state index in [-0.39, 0.29) is 0 Å². The third-order valence-electron chi connectivity index (χ3n) is 4.23. The van der Waals surface area contributed by atoms with Crippen molar-refractivity contribution in [3.8, 4) is 0 Å². The topological polar surface area (TPSA) is 17.1 Å². The number of hydrogen-bond acceptors (Lipinski definition) is 1. The molecule has 1 atom stereocenters. The lowest BCUT2D eigenvalue weighted by molar-refractivity contribution is -0.115. The summed E-state index contributed by atoms with van der Waals surface area (Å²) in [6.07, 6.45) is 7.41. The molecular weight excluding hydrogens is 184 g/mol. The van der Waals surface area contributed by atoms with E-state index in [1.807, 2.05) is 6.08 Å². The molecule has 0 aliphatic heterocycles. The molecular formula is C14H20O. The maximum absolute atomic E-state index is 11.3. The van der Waals surface area contributed by atoms with Crippen molar-refractivity contribution >= 4 is 5.78 Å². The van der Waals surface area contributed by atoms with Crippen molar-refractivity contribution in [2.24, 2.45) is 5.41 Å². The van der Waals surface area contributed by atoms with Crippen molar-refractivity contribution in [3.05, 3.63) is 22.8 Å². The number of ketones is 1. The van der Waals surface area contributed by atoms with Gasteiger partial charge in [-0.15, -0.1) is 0 Å². The van der Waals surface area contributed by atoms with E-state index in [0.29, 0.717) is 11.2 Å². The summed E-state index contributed by atoms with van der Waals surface area (Å²) in [5, 5.41) is 0. The van der Waals surface area contributed by atoms with Crippen LogP contribution in [-0.2, 0) is 4.79 Å². The van der Waals surface area contributed by atoms with Crippen LogP contribution < -0.4 is 0 Å². The molecule has 0 aromatic heterocycles. The van der Waals surface area contributed by atoms with Gasteiger partial charge in [-0.2, -0.15) is 0 Å². The molecule has 1 saturated carbocycles. The Morgan fingerprint density at radius 1 is 1.27 bits per heavy atom. The molecule has 0 bridgehead atoms. The van der Waals surface area contributed by atoms with Gasteiger partial charge in [0.1, 0.15) is 0 Å². The summed E-state index contributed by atoms with van der Waals surface area (Å²) in [4.78, 5) is 11.3. The predicted molar refractivity (Wildman–Crippen MR) is 62.7 cm³/mol. The smallest absolute Gasteiger partial charge is 0.155 e. The highest BCUT2D eigenvalue weighted by atomic mass is 16.1. The zero-order valence-corrected chi connectivity index (χ0v) is 10.0. The minimum Gasteiger partial charge on any atom is -0.295 e. The van der Waals surface area contributed by atoms with Crippen LogP contribution in [-0.4, -0.2) is 5.78 Å². The van der Waals surface area contributed by atoms with Gasteiger partial charge < -0.3 is 0 Å². The predicted octanol–water partition coefficient (Wildman–Crippen LogP) is 3.80. The van der Waals surface area contributed by atoms with Gasteiger partial charge in [-0.3, -0.25) is 4.79 Å². The van der Waals surface area contributed by atoms with Gasteiger partial charge in [0, 0.05) is 6.42 Å². The molecule has 0 heterocycles. The Kier molecular flexibility index (Phi) is 2.57. The summed E-state index contributed by atoms with van der Waals surface area (Å²) >= 11 is 0. The third kappa shape index (κ3) is 1.80. The molecule has 15 heavy (non-hydrogen) atoms. The SMILES string of the molecule is CC1=CC(=O)CC[C@@]12CCC(=C(C)C)C2. The molecule has 2 rings (SSSR count). The first-order valence-electron chi connectivity index (χ1n) is 5.90. The van der Waals surface area contributed by atoms with Crippen LogP contribution in [0.4, 0.5) is 0 Å². The maximum atomic E-state index is 11.3. The largest absolute Gasteiger partial charge is 0.295 e. The second-order valence-corrected chi connectivity index (χ2v) is 5.35. The average molecular weight is 204 g/mol. The van der Waals surface area contributed by atoms with E-state index in [1.165, 1.54) is 30.4 Å². The van der Waals surface area contributed by atoms with Gasteiger partial charge in [-0.05, 0) is 57.9 Å². The fourth-order valence-corrected chi connectivity index (χ4v) is 2.98. The van der Waals surface area contributed by atoms with Gasteiger partial charge in [0.25, 0.3) is 0 Å². The molecule has 0 aromatic rings. The van der Waals surface area contributed by atoms with E-state index >= 15 is 0 Å². The fourth-order valence-electron chi connectivity index (χ4n) is 2.98. The molecule has 0 N–H and O–H groups in total. The minimum absolute atomic E-state index is 0.323. The van der Waals surface area contributed by atoms with Crippen LogP contribution in [0.25, 0.3) is 0 Å². The van der Waals surface area contributed by atoms with Crippen LogP contribution >= 0.6 is 0 Å². The Morgan fingerprint density at radius 2 is 1.93 bits per heavy atom. The van der Waals surface area contributed by atoms with E-state index < -0.39 is 0 Å². The standard InChI is InChI=1S/C14H20O/c1-10(2)12-4-6-14(9-12)7-5-13(15)8-11(14)3/h8H,4-7,9H2,1-3H3/t14-/m1/s1. The Hall–Kier alpha value is -0.850. The molecule has 2 aliphatic carbocycles. The monoisotopic (exact) mass is 204 g/mol. The van der Waals surface area contributed by atoms with Crippen LogP contribution in [0.15, 0.2) is 22.8 Å². The van der Waals surface area contributed by atoms with Crippen molar-refractivity contribution in [2.75, 3.05) is 0 Å². The highest BCUT2D eigenvalue weighted by Gasteiger charge is 2.40. The van der Waals surface area contributed by atoms with E-state index in [2.05, 4.69) is 20.8 Å². The van der Waals surface area contributed by atoms with Gasteiger partial charge in [-0.1, -0.05) is 16.7 Å². The van der Waals surface area contributed by atoms with E-state index in [0.717, 1.165) is 12.8 Å². The van der Waals surface area contributed by atoms with Gasteiger partial charge >= 0.3 is 0 Å². The van der Waals surface area contributed by atoms with Gasteiger partial charge in [-0.25, -0.2) is 0 Å². The maximum Gasteiger partial charge on any atom is 0.155 e. The first kappa shape index (κ1) is 10.7. The number of carbonyl (C=O) groups excluding carboxylic acids is 1. The first-order chi connectivity index (χ1) is 7.03. The highest BCUT2D eigenvalue weighted by molar-refractivity contribution is 5.91. The summed E-state index contributed by atoms with van der Waals surface area (Å²) in [5.41, 5.74) is 4.78. The Bertz CT molecular complexity index is 356. The second-order valence-electron chi connectivity index (χ2n) is 5.35. The fraction of sp³-hybridized carbons (Fsp3) is 0.643. The summed E-state index contributed by atoms with van der Waals surface area (Å²) in [5.74, 6) is 0.323. The van der Waals surface area contributed by atoms with Crippen molar-refractivity contribution in [2.45, 2.75) is 52.9 Å². The summed E-state index contributed by atoms with van der Waals surface area (Å²) in [7, 11) is 0. The highest BCUT2D eigenvalue weighted by Crippen LogP contribution is 2.52. The van der Waals surface area contributed by atoms with E-state index in [4.69, 9.17) is 0 Å².